The maximum absolute atomic E-state index is 11.0. The highest BCUT2D eigenvalue weighted by Gasteiger charge is 2.26. The van der Waals surface area contributed by atoms with Crippen LogP contribution in [0.3, 0.4) is 0 Å². The van der Waals surface area contributed by atoms with E-state index in [4.69, 9.17) is 5.11 Å². The molecule has 0 aromatic carbocycles. The van der Waals surface area contributed by atoms with Crippen molar-refractivity contribution in [2.45, 2.75) is 11.2 Å². The number of carbonyl (C=O) groups excluding carboxylic acids is 1. The SMILES string of the molecule is O=C1CC(Br)CN1CCO. The van der Waals surface area contributed by atoms with Crippen molar-refractivity contribution < 1.29 is 9.90 Å². The van der Waals surface area contributed by atoms with Gasteiger partial charge in [0.2, 0.25) is 5.91 Å². The number of aliphatic hydroxyl groups excluding tert-OH is 1. The molecule has 4 heteroatoms. The zero-order chi connectivity index (χ0) is 7.56. The highest BCUT2D eigenvalue weighted by atomic mass is 79.9. The summed E-state index contributed by atoms with van der Waals surface area (Å²) in [4.78, 5) is 12.9. The number of nitrogens with zero attached hydrogens (tertiary/aromatic N) is 1. The molecule has 1 aliphatic rings. The van der Waals surface area contributed by atoms with Crippen LogP contribution in [0.1, 0.15) is 6.42 Å². The average Bonchev–Trinajstić information content (AvgIpc) is 2.13. The van der Waals surface area contributed by atoms with Crippen LogP contribution in [0.4, 0.5) is 0 Å². The summed E-state index contributed by atoms with van der Waals surface area (Å²) in [5.74, 6) is 0.135. The van der Waals surface area contributed by atoms with Gasteiger partial charge in [-0.25, -0.2) is 0 Å². The van der Waals surface area contributed by atoms with Gasteiger partial charge in [0.05, 0.1) is 6.61 Å². The molecule has 1 saturated heterocycles. The number of β-amino-alcohol motifs (C(OH)–C–C–N with tert-alkyl or cyclic N) is 1. The Hall–Kier alpha value is -0.0900. The molecule has 1 aliphatic heterocycles. The first-order valence-electron chi connectivity index (χ1n) is 3.26. The standard InChI is InChI=1S/C6H10BrNO2/c7-5-3-6(10)8(4-5)1-2-9/h5,9H,1-4H2. The summed E-state index contributed by atoms with van der Waals surface area (Å²) in [6.45, 7) is 1.27. The number of rotatable bonds is 2. The summed E-state index contributed by atoms with van der Waals surface area (Å²) in [5.41, 5.74) is 0. The average molecular weight is 208 g/mol. The van der Waals surface area contributed by atoms with Gasteiger partial charge in [-0.15, -0.1) is 0 Å². The van der Waals surface area contributed by atoms with Crippen LogP contribution < -0.4 is 0 Å². The Morgan fingerprint density at radius 2 is 2.50 bits per heavy atom. The third-order valence-electron chi connectivity index (χ3n) is 1.54. The monoisotopic (exact) mass is 207 g/mol. The first-order valence-corrected chi connectivity index (χ1v) is 4.18. The summed E-state index contributed by atoms with van der Waals surface area (Å²) < 4.78 is 0. The Morgan fingerprint density at radius 3 is 2.90 bits per heavy atom. The van der Waals surface area contributed by atoms with Crippen molar-refractivity contribution in [3.8, 4) is 0 Å². The van der Waals surface area contributed by atoms with E-state index >= 15 is 0 Å². The maximum atomic E-state index is 11.0. The zero-order valence-electron chi connectivity index (χ0n) is 5.59. The van der Waals surface area contributed by atoms with Gasteiger partial charge in [0, 0.05) is 24.3 Å². The molecular weight excluding hydrogens is 198 g/mol. The predicted molar refractivity (Wildman–Crippen MR) is 41.0 cm³/mol. The number of amides is 1. The molecular formula is C6H10BrNO2. The van der Waals surface area contributed by atoms with E-state index in [0.29, 0.717) is 13.0 Å². The molecule has 0 aromatic heterocycles. The Balaban J connectivity index is 2.39. The van der Waals surface area contributed by atoms with Crippen LogP contribution in [0.25, 0.3) is 0 Å². The van der Waals surface area contributed by atoms with Gasteiger partial charge in [-0.05, 0) is 0 Å². The Kier molecular flexibility index (Phi) is 2.68. The molecule has 0 bridgehead atoms. The largest absolute Gasteiger partial charge is 0.395 e. The van der Waals surface area contributed by atoms with E-state index in [1.807, 2.05) is 0 Å². The minimum Gasteiger partial charge on any atom is -0.395 e. The fraction of sp³-hybridized carbons (Fsp3) is 0.833. The van der Waals surface area contributed by atoms with Crippen molar-refractivity contribution in [2.75, 3.05) is 19.7 Å². The summed E-state index contributed by atoms with van der Waals surface area (Å²) >= 11 is 3.34. The van der Waals surface area contributed by atoms with Gasteiger partial charge in [0.25, 0.3) is 0 Å². The third-order valence-corrected chi connectivity index (χ3v) is 2.15. The van der Waals surface area contributed by atoms with Crippen molar-refractivity contribution in [2.24, 2.45) is 0 Å². The molecule has 10 heavy (non-hydrogen) atoms. The molecule has 0 aromatic rings. The first-order chi connectivity index (χ1) is 4.74. The van der Waals surface area contributed by atoms with Crippen molar-refractivity contribution in [3.05, 3.63) is 0 Å². The number of likely N-dealkylation sites (tertiary alicyclic amines) is 1. The quantitative estimate of drug-likeness (QED) is 0.647. The lowest BCUT2D eigenvalue weighted by atomic mass is 10.4. The second-order valence-corrected chi connectivity index (χ2v) is 3.66. The van der Waals surface area contributed by atoms with Gasteiger partial charge in [-0.2, -0.15) is 0 Å². The minimum atomic E-state index is 0.0610. The Bertz CT molecular complexity index is 140. The van der Waals surface area contributed by atoms with Gasteiger partial charge < -0.3 is 10.0 Å². The van der Waals surface area contributed by atoms with Gasteiger partial charge in [0.1, 0.15) is 0 Å². The summed E-state index contributed by atoms with van der Waals surface area (Å²) in [6.07, 6.45) is 0.569. The van der Waals surface area contributed by atoms with Crippen LogP contribution in [0.15, 0.2) is 0 Å². The molecule has 0 spiro atoms. The van der Waals surface area contributed by atoms with Crippen molar-refractivity contribution in [3.63, 3.8) is 0 Å². The van der Waals surface area contributed by atoms with E-state index in [2.05, 4.69) is 15.9 Å². The van der Waals surface area contributed by atoms with Gasteiger partial charge in [-0.1, -0.05) is 15.9 Å². The molecule has 1 rings (SSSR count). The molecule has 1 fully saturated rings. The Morgan fingerprint density at radius 1 is 1.80 bits per heavy atom. The molecule has 0 saturated carbocycles. The van der Waals surface area contributed by atoms with Crippen molar-refractivity contribution in [1.82, 2.24) is 4.90 Å². The molecule has 1 heterocycles. The highest BCUT2D eigenvalue weighted by Crippen LogP contribution is 2.16. The topological polar surface area (TPSA) is 40.5 Å². The normalized spacial score (nSPS) is 26.0. The van der Waals surface area contributed by atoms with Crippen molar-refractivity contribution >= 4 is 21.8 Å². The van der Waals surface area contributed by atoms with Crippen LogP contribution in [0, 0.1) is 0 Å². The van der Waals surface area contributed by atoms with E-state index in [-0.39, 0.29) is 17.3 Å². The lowest BCUT2D eigenvalue weighted by Gasteiger charge is -2.12. The smallest absolute Gasteiger partial charge is 0.223 e. The molecule has 0 radical (unpaired) electrons. The number of halogens is 1. The number of hydrogen-bond donors (Lipinski definition) is 1. The highest BCUT2D eigenvalue weighted by molar-refractivity contribution is 9.09. The van der Waals surface area contributed by atoms with Crippen LogP contribution in [0.5, 0.6) is 0 Å². The maximum Gasteiger partial charge on any atom is 0.223 e. The summed E-state index contributed by atoms with van der Waals surface area (Å²) in [6, 6.07) is 0. The minimum absolute atomic E-state index is 0.0610. The summed E-state index contributed by atoms with van der Waals surface area (Å²) in [7, 11) is 0. The molecule has 1 N–H and O–H groups in total. The molecule has 1 unspecified atom stereocenters. The molecule has 1 amide bonds. The number of hydrogen-bond acceptors (Lipinski definition) is 2. The van der Waals surface area contributed by atoms with Crippen LogP contribution in [-0.4, -0.2) is 40.4 Å². The second-order valence-electron chi connectivity index (χ2n) is 2.36. The molecule has 58 valence electrons. The molecule has 3 nitrogen and oxygen atoms in total. The van der Waals surface area contributed by atoms with Crippen molar-refractivity contribution in [1.29, 1.82) is 0 Å². The molecule has 0 aliphatic carbocycles. The van der Waals surface area contributed by atoms with E-state index < -0.39 is 0 Å². The first kappa shape index (κ1) is 8.01. The van der Waals surface area contributed by atoms with Gasteiger partial charge in [-0.3, -0.25) is 4.79 Å². The number of alkyl halides is 1. The van der Waals surface area contributed by atoms with Crippen LogP contribution >= 0.6 is 15.9 Å². The third kappa shape index (κ3) is 1.70. The van der Waals surface area contributed by atoms with E-state index in [1.54, 1.807) is 4.90 Å². The van der Waals surface area contributed by atoms with E-state index in [1.165, 1.54) is 0 Å². The van der Waals surface area contributed by atoms with E-state index in [9.17, 15) is 4.79 Å². The summed E-state index contributed by atoms with van der Waals surface area (Å²) in [5, 5.41) is 8.52. The second kappa shape index (κ2) is 3.34. The van der Waals surface area contributed by atoms with Gasteiger partial charge in [0.15, 0.2) is 0 Å². The van der Waals surface area contributed by atoms with E-state index in [0.717, 1.165) is 6.54 Å². The van der Waals surface area contributed by atoms with Crippen LogP contribution in [0.2, 0.25) is 0 Å². The van der Waals surface area contributed by atoms with Gasteiger partial charge >= 0.3 is 0 Å². The fourth-order valence-electron chi connectivity index (χ4n) is 1.06. The predicted octanol–water partition coefficient (Wildman–Crippen LogP) is -0.0255. The molecule has 1 atom stereocenters. The lowest BCUT2D eigenvalue weighted by molar-refractivity contribution is -0.128. The van der Waals surface area contributed by atoms with Crippen LogP contribution in [-0.2, 0) is 4.79 Å². The number of carbonyl (C=O) groups is 1. The number of aliphatic hydroxyl groups is 1. The lowest BCUT2D eigenvalue weighted by Crippen LogP contribution is -2.28. The zero-order valence-corrected chi connectivity index (χ0v) is 7.17. The fourth-order valence-corrected chi connectivity index (χ4v) is 1.69. The Labute approximate surface area is 68.1 Å².